The number of para-hydroxylation sites is 3. The van der Waals surface area contributed by atoms with E-state index in [9.17, 15) is 17.6 Å². The number of urea groups is 1. The second kappa shape index (κ2) is 7.21. The fourth-order valence-corrected chi connectivity index (χ4v) is 4.87. The van der Waals surface area contributed by atoms with E-state index in [-0.39, 0.29) is 28.6 Å². The number of amides is 2. The second-order valence-electron chi connectivity index (χ2n) is 6.40. The molecule has 3 aromatic carbocycles. The molecule has 0 fully saturated rings. The predicted octanol–water partition coefficient (Wildman–Crippen LogP) is 4.17. The molecule has 0 atom stereocenters. The molecule has 29 heavy (non-hydrogen) atoms. The number of benzene rings is 3. The van der Waals surface area contributed by atoms with Crippen molar-refractivity contribution < 1.29 is 22.3 Å². The number of fused-ring (bicyclic) bond motifs is 1. The summed E-state index contributed by atoms with van der Waals surface area (Å²) < 4.78 is 45.9. The molecule has 2 amide bonds. The van der Waals surface area contributed by atoms with Crippen LogP contribution in [0.4, 0.5) is 20.6 Å². The van der Waals surface area contributed by atoms with Gasteiger partial charge in [-0.05, 0) is 42.0 Å². The predicted molar refractivity (Wildman–Crippen MR) is 107 cm³/mol. The highest BCUT2D eigenvalue weighted by atomic mass is 32.2. The van der Waals surface area contributed by atoms with Crippen molar-refractivity contribution in [3.8, 4) is 5.75 Å². The number of methoxy groups -OCH3 is 1. The van der Waals surface area contributed by atoms with Crippen LogP contribution >= 0.6 is 0 Å². The number of sulfonamides is 1. The minimum absolute atomic E-state index is 0.00705. The van der Waals surface area contributed by atoms with Crippen LogP contribution in [0.15, 0.2) is 77.7 Å². The molecule has 0 spiro atoms. The third-order valence-corrected chi connectivity index (χ3v) is 6.37. The first-order valence-electron chi connectivity index (χ1n) is 8.77. The van der Waals surface area contributed by atoms with Crippen molar-refractivity contribution in [1.29, 1.82) is 0 Å². The first-order chi connectivity index (χ1) is 13.9. The zero-order valence-electron chi connectivity index (χ0n) is 15.4. The highest BCUT2D eigenvalue weighted by Gasteiger charge is 2.43. The summed E-state index contributed by atoms with van der Waals surface area (Å²) in [5.41, 5.74) is 1.06. The summed E-state index contributed by atoms with van der Waals surface area (Å²) in [5, 5.41) is 0. The van der Waals surface area contributed by atoms with Gasteiger partial charge in [0.1, 0.15) is 22.1 Å². The first-order valence-corrected chi connectivity index (χ1v) is 10.2. The van der Waals surface area contributed by atoms with Crippen LogP contribution in [0.5, 0.6) is 5.75 Å². The van der Waals surface area contributed by atoms with Crippen LogP contribution in [-0.4, -0.2) is 21.6 Å². The second-order valence-corrected chi connectivity index (χ2v) is 8.16. The molecule has 0 aliphatic carbocycles. The number of nitrogens with zero attached hydrogens (tertiary/aromatic N) is 2. The van der Waals surface area contributed by atoms with Crippen molar-refractivity contribution in [1.82, 2.24) is 0 Å². The van der Waals surface area contributed by atoms with Gasteiger partial charge in [-0.15, -0.1) is 0 Å². The molecule has 0 saturated heterocycles. The van der Waals surface area contributed by atoms with Crippen molar-refractivity contribution in [2.45, 2.75) is 11.4 Å². The number of halogens is 1. The molecule has 8 heteroatoms. The molecular formula is C21H17FN2O4S. The third-order valence-electron chi connectivity index (χ3n) is 4.64. The van der Waals surface area contributed by atoms with Crippen molar-refractivity contribution in [3.05, 3.63) is 84.2 Å². The Balaban J connectivity index is 1.88. The quantitative estimate of drug-likeness (QED) is 0.645. The van der Waals surface area contributed by atoms with Gasteiger partial charge >= 0.3 is 6.03 Å². The van der Waals surface area contributed by atoms with Crippen LogP contribution in [0.2, 0.25) is 0 Å². The average molecular weight is 412 g/mol. The van der Waals surface area contributed by atoms with E-state index < -0.39 is 21.9 Å². The molecular weight excluding hydrogens is 395 g/mol. The van der Waals surface area contributed by atoms with Crippen LogP contribution in [0, 0.1) is 5.82 Å². The van der Waals surface area contributed by atoms with Gasteiger partial charge in [0.15, 0.2) is 0 Å². The van der Waals surface area contributed by atoms with Gasteiger partial charge in [-0.25, -0.2) is 17.6 Å². The molecule has 148 valence electrons. The lowest BCUT2D eigenvalue weighted by atomic mass is 10.2. The van der Waals surface area contributed by atoms with Crippen molar-refractivity contribution >= 4 is 27.4 Å². The molecule has 1 aliphatic rings. The lowest BCUT2D eigenvalue weighted by Gasteiger charge is -2.36. The van der Waals surface area contributed by atoms with Crippen molar-refractivity contribution in [2.75, 3.05) is 16.3 Å². The maximum atomic E-state index is 13.4. The van der Waals surface area contributed by atoms with Crippen LogP contribution in [0.25, 0.3) is 0 Å². The van der Waals surface area contributed by atoms with Crippen LogP contribution in [-0.2, 0) is 16.6 Å². The van der Waals surface area contributed by atoms with Gasteiger partial charge in [0.2, 0.25) is 0 Å². The number of anilines is 2. The largest absolute Gasteiger partial charge is 0.495 e. The van der Waals surface area contributed by atoms with E-state index in [1.165, 1.54) is 36.3 Å². The Bertz CT molecular complexity index is 1180. The number of rotatable bonds is 4. The first kappa shape index (κ1) is 18.9. The van der Waals surface area contributed by atoms with Crippen molar-refractivity contribution in [2.24, 2.45) is 0 Å². The van der Waals surface area contributed by atoms with Gasteiger partial charge in [-0.3, -0.25) is 4.90 Å². The number of ether oxygens (including phenoxy) is 1. The number of hydrogen-bond acceptors (Lipinski definition) is 4. The highest BCUT2D eigenvalue weighted by Crippen LogP contribution is 2.40. The zero-order valence-corrected chi connectivity index (χ0v) is 16.3. The summed E-state index contributed by atoms with van der Waals surface area (Å²) >= 11 is 0. The summed E-state index contributed by atoms with van der Waals surface area (Å²) in [5.74, 6) is -0.136. The fraction of sp³-hybridized carbons (Fsp3) is 0.0952. The van der Waals surface area contributed by atoms with E-state index in [0.29, 0.717) is 5.56 Å². The molecule has 6 nitrogen and oxygen atoms in total. The maximum absolute atomic E-state index is 13.4. The minimum atomic E-state index is -4.15. The van der Waals surface area contributed by atoms with Crippen LogP contribution in [0.3, 0.4) is 0 Å². The minimum Gasteiger partial charge on any atom is -0.495 e. The molecule has 0 unspecified atom stereocenters. The van der Waals surface area contributed by atoms with E-state index in [4.69, 9.17) is 4.74 Å². The SMILES string of the molecule is COc1ccccc1N1C(=O)N(Cc2ccc(F)cc2)c2ccccc2S1(=O)=O. The van der Waals surface area contributed by atoms with Crippen molar-refractivity contribution in [3.63, 3.8) is 0 Å². The normalized spacial score (nSPS) is 15.2. The molecule has 0 bridgehead atoms. The fourth-order valence-electron chi connectivity index (χ4n) is 3.27. The zero-order chi connectivity index (χ0) is 20.6. The summed E-state index contributed by atoms with van der Waals surface area (Å²) in [6.07, 6.45) is 0. The Morgan fingerprint density at radius 1 is 0.897 bits per heavy atom. The van der Waals surface area contributed by atoms with Crippen LogP contribution < -0.4 is 13.9 Å². The van der Waals surface area contributed by atoms with Gasteiger partial charge < -0.3 is 4.74 Å². The number of hydrogen-bond donors (Lipinski definition) is 0. The monoisotopic (exact) mass is 412 g/mol. The average Bonchev–Trinajstić information content (AvgIpc) is 2.73. The lowest BCUT2D eigenvalue weighted by Crippen LogP contribution is -2.50. The Morgan fingerprint density at radius 3 is 2.21 bits per heavy atom. The standard InChI is InChI=1S/C21H17FN2O4S/c1-28-19-8-4-2-6-17(19)24-21(25)23(14-15-10-12-16(22)13-11-15)18-7-3-5-9-20(18)29(24,26)27/h2-13H,14H2,1H3. The van der Waals surface area contributed by atoms with E-state index in [2.05, 4.69) is 0 Å². The lowest BCUT2D eigenvalue weighted by molar-refractivity contribution is 0.253. The van der Waals surface area contributed by atoms with Gasteiger partial charge in [-0.2, -0.15) is 4.31 Å². The van der Waals surface area contributed by atoms with E-state index in [1.54, 1.807) is 48.5 Å². The third kappa shape index (κ3) is 3.21. The van der Waals surface area contributed by atoms with Gasteiger partial charge in [-0.1, -0.05) is 36.4 Å². The van der Waals surface area contributed by atoms with E-state index in [1.807, 2.05) is 0 Å². The summed E-state index contributed by atoms with van der Waals surface area (Å²) in [4.78, 5) is 14.8. The highest BCUT2D eigenvalue weighted by molar-refractivity contribution is 7.94. The van der Waals surface area contributed by atoms with E-state index >= 15 is 0 Å². The Labute approximate surface area is 167 Å². The molecule has 0 radical (unpaired) electrons. The molecule has 1 aliphatic heterocycles. The summed E-state index contributed by atoms with van der Waals surface area (Å²) in [6, 6.07) is 17.7. The van der Waals surface area contributed by atoms with E-state index in [0.717, 1.165) is 4.31 Å². The number of carbonyl (C=O) groups excluding carboxylic acids is 1. The molecule has 3 aromatic rings. The molecule has 0 aromatic heterocycles. The molecule has 4 rings (SSSR count). The summed E-state index contributed by atoms with van der Waals surface area (Å²) in [6.45, 7) is 0.0807. The smallest absolute Gasteiger partial charge is 0.343 e. The molecule has 1 heterocycles. The molecule has 0 saturated carbocycles. The Hall–Kier alpha value is -3.39. The Kier molecular flexibility index (Phi) is 4.71. The van der Waals surface area contributed by atoms with Gasteiger partial charge in [0.05, 0.1) is 19.3 Å². The van der Waals surface area contributed by atoms with Gasteiger partial charge in [0, 0.05) is 0 Å². The van der Waals surface area contributed by atoms with Gasteiger partial charge in [0.25, 0.3) is 10.0 Å². The maximum Gasteiger partial charge on any atom is 0.343 e. The topological polar surface area (TPSA) is 66.9 Å². The number of carbonyl (C=O) groups is 1. The summed E-state index contributed by atoms with van der Waals surface area (Å²) in [7, 11) is -2.74. The van der Waals surface area contributed by atoms with Crippen LogP contribution in [0.1, 0.15) is 5.56 Å². The Morgan fingerprint density at radius 2 is 1.52 bits per heavy atom. The molecule has 0 N–H and O–H groups in total.